The number of likely N-dealkylation sites (tertiary alicyclic amines) is 1. The first-order valence-electron chi connectivity index (χ1n) is 7.87. The van der Waals surface area contributed by atoms with Crippen LogP contribution in [-0.4, -0.2) is 36.6 Å². The lowest BCUT2D eigenvalue weighted by Crippen LogP contribution is -2.37. The largest absolute Gasteiger partial charge is 0.314 e. The lowest BCUT2D eigenvalue weighted by molar-refractivity contribution is 0.179. The molecule has 100 valence electrons. The molecule has 2 rings (SSSR count). The van der Waals surface area contributed by atoms with Gasteiger partial charge in [0.15, 0.2) is 0 Å². The summed E-state index contributed by atoms with van der Waals surface area (Å²) in [6.07, 6.45) is 12.8. The third-order valence-electron chi connectivity index (χ3n) is 4.50. The summed E-state index contributed by atoms with van der Waals surface area (Å²) in [5, 5.41) is 3.70. The topological polar surface area (TPSA) is 15.3 Å². The quantitative estimate of drug-likeness (QED) is 0.809. The summed E-state index contributed by atoms with van der Waals surface area (Å²) in [7, 11) is 0. The predicted molar refractivity (Wildman–Crippen MR) is 74.4 cm³/mol. The minimum atomic E-state index is 0.811. The molecule has 1 saturated carbocycles. The van der Waals surface area contributed by atoms with Crippen molar-refractivity contribution in [1.29, 1.82) is 0 Å². The van der Waals surface area contributed by atoms with E-state index in [9.17, 15) is 0 Å². The minimum absolute atomic E-state index is 0.811. The first-order chi connectivity index (χ1) is 8.40. The van der Waals surface area contributed by atoms with Crippen LogP contribution >= 0.6 is 0 Å². The van der Waals surface area contributed by atoms with Gasteiger partial charge in [0.1, 0.15) is 0 Å². The van der Waals surface area contributed by atoms with E-state index in [0.717, 1.165) is 12.1 Å². The summed E-state index contributed by atoms with van der Waals surface area (Å²) in [4.78, 5) is 2.80. The molecule has 2 fully saturated rings. The van der Waals surface area contributed by atoms with Crippen molar-refractivity contribution in [2.24, 2.45) is 0 Å². The Hall–Kier alpha value is -0.0800. The Morgan fingerprint density at radius 1 is 1.00 bits per heavy atom. The maximum absolute atomic E-state index is 3.70. The van der Waals surface area contributed by atoms with Gasteiger partial charge in [0, 0.05) is 12.1 Å². The molecule has 0 amide bonds. The molecule has 2 heteroatoms. The number of hydrogen-bond acceptors (Lipinski definition) is 2. The van der Waals surface area contributed by atoms with Gasteiger partial charge in [0.2, 0.25) is 0 Å². The molecule has 0 spiro atoms. The summed E-state index contributed by atoms with van der Waals surface area (Å²) in [5.74, 6) is 0. The average Bonchev–Trinajstić information content (AvgIpc) is 2.74. The second kappa shape index (κ2) is 7.38. The predicted octanol–water partition coefficient (Wildman–Crippen LogP) is 3.17. The molecule has 2 nitrogen and oxygen atoms in total. The third kappa shape index (κ3) is 4.26. The van der Waals surface area contributed by atoms with E-state index in [1.807, 2.05) is 0 Å². The number of hydrogen-bond donors (Lipinski definition) is 1. The molecular formula is C15H30N2. The van der Waals surface area contributed by atoms with Crippen LogP contribution < -0.4 is 5.32 Å². The van der Waals surface area contributed by atoms with Gasteiger partial charge in [-0.2, -0.15) is 0 Å². The molecule has 1 aliphatic carbocycles. The fraction of sp³-hybridized carbons (Fsp3) is 1.00. The van der Waals surface area contributed by atoms with Crippen molar-refractivity contribution < 1.29 is 0 Å². The lowest BCUT2D eigenvalue weighted by Gasteiger charge is -2.30. The second-order valence-corrected chi connectivity index (χ2v) is 5.92. The van der Waals surface area contributed by atoms with Gasteiger partial charge in [0.05, 0.1) is 0 Å². The van der Waals surface area contributed by atoms with E-state index in [4.69, 9.17) is 0 Å². The highest BCUT2D eigenvalue weighted by Gasteiger charge is 2.28. The van der Waals surface area contributed by atoms with E-state index in [0.29, 0.717) is 0 Å². The van der Waals surface area contributed by atoms with Crippen LogP contribution in [0.3, 0.4) is 0 Å². The van der Waals surface area contributed by atoms with Crippen LogP contribution in [0.4, 0.5) is 0 Å². The summed E-state index contributed by atoms with van der Waals surface area (Å²) in [5.41, 5.74) is 0. The molecule has 1 saturated heterocycles. The number of rotatable bonds is 4. The van der Waals surface area contributed by atoms with E-state index in [1.54, 1.807) is 0 Å². The van der Waals surface area contributed by atoms with Gasteiger partial charge in [-0.25, -0.2) is 0 Å². The Labute approximate surface area is 107 Å². The first-order valence-corrected chi connectivity index (χ1v) is 7.87. The van der Waals surface area contributed by atoms with Crippen molar-refractivity contribution in [1.82, 2.24) is 10.2 Å². The molecule has 0 bridgehead atoms. The molecule has 2 aliphatic rings. The van der Waals surface area contributed by atoms with Gasteiger partial charge in [0.25, 0.3) is 0 Å². The van der Waals surface area contributed by atoms with Gasteiger partial charge < -0.3 is 10.2 Å². The van der Waals surface area contributed by atoms with E-state index in [-0.39, 0.29) is 0 Å². The molecule has 1 N–H and O–H groups in total. The van der Waals surface area contributed by atoms with Crippen LogP contribution in [0, 0.1) is 0 Å². The summed E-state index contributed by atoms with van der Waals surface area (Å²) < 4.78 is 0. The van der Waals surface area contributed by atoms with Gasteiger partial charge in [-0.1, -0.05) is 26.2 Å². The summed E-state index contributed by atoms with van der Waals surface area (Å²) >= 11 is 0. The average molecular weight is 238 g/mol. The van der Waals surface area contributed by atoms with Crippen LogP contribution in [0.15, 0.2) is 0 Å². The van der Waals surface area contributed by atoms with Crippen molar-refractivity contribution in [3.05, 3.63) is 0 Å². The van der Waals surface area contributed by atoms with E-state index >= 15 is 0 Å². The molecule has 0 radical (unpaired) electrons. The Balaban J connectivity index is 1.73. The SMILES string of the molecule is CCCNC1CCC(N2CCCCCCC2)C1. The summed E-state index contributed by atoms with van der Waals surface area (Å²) in [6, 6.07) is 1.70. The number of nitrogens with one attached hydrogen (secondary N) is 1. The molecule has 1 heterocycles. The highest BCUT2D eigenvalue weighted by Crippen LogP contribution is 2.26. The maximum atomic E-state index is 3.70. The monoisotopic (exact) mass is 238 g/mol. The van der Waals surface area contributed by atoms with Crippen LogP contribution in [0.25, 0.3) is 0 Å². The Morgan fingerprint density at radius 2 is 1.71 bits per heavy atom. The molecule has 17 heavy (non-hydrogen) atoms. The zero-order valence-electron chi connectivity index (χ0n) is 11.6. The minimum Gasteiger partial charge on any atom is -0.314 e. The fourth-order valence-electron chi connectivity index (χ4n) is 3.46. The zero-order valence-corrected chi connectivity index (χ0v) is 11.6. The van der Waals surface area contributed by atoms with Crippen LogP contribution in [0.1, 0.15) is 64.7 Å². The van der Waals surface area contributed by atoms with Crippen LogP contribution in [0.5, 0.6) is 0 Å². The van der Waals surface area contributed by atoms with Crippen molar-refractivity contribution >= 4 is 0 Å². The Morgan fingerprint density at radius 3 is 2.41 bits per heavy atom. The van der Waals surface area contributed by atoms with E-state index in [2.05, 4.69) is 17.1 Å². The van der Waals surface area contributed by atoms with Crippen molar-refractivity contribution in [3.8, 4) is 0 Å². The highest BCUT2D eigenvalue weighted by atomic mass is 15.2. The van der Waals surface area contributed by atoms with Crippen molar-refractivity contribution in [3.63, 3.8) is 0 Å². The second-order valence-electron chi connectivity index (χ2n) is 5.92. The summed E-state index contributed by atoms with van der Waals surface area (Å²) in [6.45, 7) is 6.20. The molecule has 1 aliphatic heterocycles. The Bertz CT molecular complexity index is 197. The highest BCUT2D eigenvalue weighted by molar-refractivity contribution is 4.87. The van der Waals surface area contributed by atoms with Gasteiger partial charge in [-0.3, -0.25) is 0 Å². The first kappa shape index (κ1) is 13.4. The van der Waals surface area contributed by atoms with Crippen molar-refractivity contribution in [2.75, 3.05) is 19.6 Å². The van der Waals surface area contributed by atoms with Crippen LogP contribution in [-0.2, 0) is 0 Å². The molecule has 0 aromatic rings. The van der Waals surface area contributed by atoms with Gasteiger partial charge in [-0.15, -0.1) is 0 Å². The van der Waals surface area contributed by atoms with Crippen molar-refractivity contribution in [2.45, 2.75) is 76.8 Å². The lowest BCUT2D eigenvalue weighted by atomic mass is 10.1. The van der Waals surface area contributed by atoms with Gasteiger partial charge >= 0.3 is 0 Å². The Kier molecular flexibility index (Phi) is 5.79. The molecular weight excluding hydrogens is 208 g/mol. The fourth-order valence-corrected chi connectivity index (χ4v) is 3.46. The molecule has 2 atom stereocenters. The molecule has 0 aromatic heterocycles. The smallest absolute Gasteiger partial charge is 0.0111 e. The molecule has 2 unspecified atom stereocenters. The van der Waals surface area contributed by atoms with E-state index in [1.165, 1.54) is 77.4 Å². The van der Waals surface area contributed by atoms with Crippen LogP contribution in [0.2, 0.25) is 0 Å². The zero-order chi connectivity index (χ0) is 11.9. The third-order valence-corrected chi connectivity index (χ3v) is 4.50. The van der Waals surface area contributed by atoms with Gasteiger partial charge in [-0.05, 0) is 58.2 Å². The normalized spacial score (nSPS) is 32.3. The maximum Gasteiger partial charge on any atom is 0.0111 e. The number of nitrogens with zero attached hydrogens (tertiary/aromatic N) is 1. The van der Waals surface area contributed by atoms with E-state index < -0.39 is 0 Å². The standard InChI is InChI=1S/C15H30N2/c1-2-10-16-14-8-9-15(13-14)17-11-6-4-3-5-7-12-17/h14-16H,2-13H2,1H3. The molecule has 0 aromatic carbocycles.